The van der Waals surface area contributed by atoms with Crippen LogP contribution in [0, 0.1) is 5.92 Å². The van der Waals surface area contributed by atoms with Crippen LogP contribution < -0.4 is 10.5 Å². The molecule has 1 aromatic carbocycles. The lowest BCUT2D eigenvalue weighted by molar-refractivity contribution is 0.108. The van der Waals surface area contributed by atoms with Gasteiger partial charge in [0.05, 0.1) is 18.9 Å². The summed E-state index contributed by atoms with van der Waals surface area (Å²) in [5.41, 5.74) is 7.73. The Morgan fingerprint density at radius 3 is 3.21 bits per heavy atom. The maximum Gasteiger partial charge on any atom is 0.145 e. The van der Waals surface area contributed by atoms with Crippen LogP contribution in [0.2, 0.25) is 0 Å². The van der Waals surface area contributed by atoms with E-state index in [2.05, 4.69) is 6.07 Å². The normalized spacial score (nSPS) is 19.9. The number of fused-ring (bicyclic) bond motifs is 1. The molecule has 0 bridgehead atoms. The number of hydrogen-bond acceptors (Lipinski definition) is 3. The zero-order valence-corrected chi connectivity index (χ0v) is 8.32. The number of benzene rings is 1. The summed E-state index contributed by atoms with van der Waals surface area (Å²) in [6.07, 6.45) is 0.994. The number of methoxy groups -OCH3 is 1. The Morgan fingerprint density at radius 2 is 2.43 bits per heavy atom. The third-order valence-electron chi connectivity index (χ3n) is 2.50. The molecular weight excluding hydrogens is 178 g/mol. The highest BCUT2D eigenvalue weighted by Crippen LogP contribution is 2.32. The van der Waals surface area contributed by atoms with Gasteiger partial charge in [0, 0.05) is 13.0 Å². The van der Waals surface area contributed by atoms with Gasteiger partial charge in [0.2, 0.25) is 0 Å². The monoisotopic (exact) mass is 193 g/mol. The molecule has 1 heterocycles. The number of anilines is 1. The fourth-order valence-corrected chi connectivity index (χ4v) is 1.86. The first-order valence-electron chi connectivity index (χ1n) is 4.80. The van der Waals surface area contributed by atoms with Gasteiger partial charge >= 0.3 is 0 Å². The van der Waals surface area contributed by atoms with Gasteiger partial charge in [-0.25, -0.2) is 0 Å². The van der Waals surface area contributed by atoms with Crippen LogP contribution in [0.1, 0.15) is 5.56 Å². The van der Waals surface area contributed by atoms with Crippen LogP contribution >= 0.6 is 0 Å². The number of ether oxygens (including phenoxy) is 2. The maximum absolute atomic E-state index is 5.80. The molecule has 0 radical (unpaired) electrons. The summed E-state index contributed by atoms with van der Waals surface area (Å²) < 4.78 is 10.7. The highest BCUT2D eigenvalue weighted by atomic mass is 16.5. The van der Waals surface area contributed by atoms with Crippen molar-refractivity contribution < 1.29 is 9.47 Å². The molecule has 1 aromatic rings. The van der Waals surface area contributed by atoms with Crippen molar-refractivity contribution in [3.63, 3.8) is 0 Å². The van der Waals surface area contributed by atoms with Crippen LogP contribution in [0.5, 0.6) is 5.75 Å². The van der Waals surface area contributed by atoms with Crippen molar-refractivity contribution in [2.75, 3.05) is 26.1 Å². The van der Waals surface area contributed by atoms with Crippen LogP contribution in [0.3, 0.4) is 0 Å². The Kier molecular flexibility index (Phi) is 2.59. The number of hydrogen-bond donors (Lipinski definition) is 1. The molecule has 3 nitrogen and oxygen atoms in total. The first-order valence-corrected chi connectivity index (χ1v) is 4.80. The number of nitrogen functional groups attached to an aromatic ring is 1. The Morgan fingerprint density at radius 1 is 1.57 bits per heavy atom. The lowest BCUT2D eigenvalue weighted by Crippen LogP contribution is -2.25. The predicted molar refractivity (Wildman–Crippen MR) is 55.4 cm³/mol. The van der Waals surface area contributed by atoms with E-state index in [-0.39, 0.29) is 0 Å². The molecule has 1 atom stereocenters. The largest absolute Gasteiger partial charge is 0.491 e. The van der Waals surface area contributed by atoms with Crippen LogP contribution in [0.4, 0.5) is 5.69 Å². The third kappa shape index (κ3) is 1.68. The topological polar surface area (TPSA) is 44.5 Å². The molecule has 0 aliphatic carbocycles. The van der Waals surface area contributed by atoms with E-state index in [9.17, 15) is 0 Å². The minimum Gasteiger partial charge on any atom is -0.491 e. The van der Waals surface area contributed by atoms with Crippen molar-refractivity contribution in [3.8, 4) is 5.75 Å². The van der Waals surface area contributed by atoms with Gasteiger partial charge in [0.25, 0.3) is 0 Å². The first kappa shape index (κ1) is 9.34. The second kappa shape index (κ2) is 3.88. The summed E-state index contributed by atoms with van der Waals surface area (Å²) >= 11 is 0. The summed E-state index contributed by atoms with van der Waals surface area (Å²) in [6.45, 7) is 1.45. The molecule has 0 saturated heterocycles. The lowest BCUT2D eigenvalue weighted by Gasteiger charge is -2.25. The molecule has 1 aliphatic rings. The molecule has 0 fully saturated rings. The molecule has 2 N–H and O–H groups in total. The van der Waals surface area contributed by atoms with E-state index < -0.39 is 0 Å². The van der Waals surface area contributed by atoms with Crippen LogP contribution in [0.15, 0.2) is 18.2 Å². The van der Waals surface area contributed by atoms with Gasteiger partial charge in [0.1, 0.15) is 5.75 Å². The third-order valence-corrected chi connectivity index (χ3v) is 2.50. The van der Waals surface area contributed by atoms with E-state index in [1.54, 1.807) is 7.11 Å². The molecule has 0 aromatic heterocycles. The summed E-state index contributed by atoms with van der Waals surface area (Å²) in [5.74, 6) is 1.31. The van der Waals surface area contributed by atoms with Crippen molar-refractivity contribution >= 4 is 5.69 Å². The minimum atomic E-state index is 0.453. The van der Waals surface area contributed by atoms with Gasteiger partial charge in [0.15, 0.2) is 0 Å². The van der Waals surface area contributed by atoms with Crippen LogP contribution in [0.25, 0.3) is 0 Å². The second-order valence-electron chi connectivity index (χ2n) is 3.67. The molecule has 0 spiro atoms. The Balaban J connectivity index is 2.18. The quantitative estimate of drug-likeness (QED) is 0.723. The standard InChI is InChI=1S/C11H15NO2/c1-13-6-8-5-9-3-2-4-10(12)11(9)14-7-8/h2-4,8H,5-7,12H2,1H3. The average Bonchev–Trinajstić information content (AvgIpc) is 2.18. The summed E-state index contributed by atoms with van der Waals surface area (Å²) in [5, 5.41) is 0. The number of nitrogens with two attached hydrogens (primary N) is 1. The molecular formula is C11H15NO2. The molecule has 14 heavy (non-hydrogen) atoms. The fourth-order valence-electron chi connectivity index (χ4n) is 1.86. The maximum atomic E-state index is 5.80. The SMILES string of the molecule is COCC1COc2c(N)cccc2C1. The van der Waals surface area contributed by atoms with Gasteiger partial charge in [-0.15, -0.1) is 0 Å². The van der Waals surface area contributed by atoms with Crippen LogP contribution in [-0.2, 0) is 11.2 Å². The minimum absolute atomic E-state index is 0.453. The van der Waals surface area contributed by atoms with Crippen molar-refractivity contribution in [2.45, 2.75) is 6.42 Å². The molecule has 3 heteroatoms. The van der Waals surface area contributed by atoms with Crippen molar-refractivity contribution in [3.05, 3.63) is 23.8 Å². The number of rotatable bonds is 2. The lowest BCUT2D eigenvalue weighted by atomic mass is 9.97. The first-order chi connectivity index (χ1) is 6.81. The summed E-state index contributed by atoms with van der Waals surface area (Å²) in [6, 6.07) is 5.90. The van der Waals surface area contributed by atoms with E-state index in [1.807, 2.05) is 12.1 Å². The van der Waals surface area contributed by atoms with Crippen LogP contribution in [-0.4, -0.2) is 20.3 Å². The van der Waals surface area contributed by atoms with E-state index >= 15 is 0 Å². The second-order valence-corrected chi connectivity index (χ2v) is 3.67. The summed E-state index contributed by atoms with van der Waals surface area (Å²) in [7, 11) is 1.72. The molecule has 1 aliphatic heterocycles. The van der Waals surface area contributed by atoms with E-state index in [0.717, 1.165) is 24.5 Å². The van der Waals surface area contributed by atoms with Gasteiger partial charge in [-0.2, -0.15) is 0 Å². The van der Waals surface area contributed by atoms with E-state index in [4.69, 9.17) is 15.2 Å². The zero-order valence-electron chi connectivity index (χ0n) is 8.32. The fraction of sp³-hybridized carbons (Fsp3) is 0.455. The molecule has 2 rings (SSSR count). The Bertz CT molecular complexity index is 325. The average molecular weight is 193 g/mol. The van der Waals surface area contributed by atoms with Gasteiger partial charge < -0.3 is 15.2 Å². The number of para-hydroxylation sites is 1. The van der Waals surface area contributed by atoms with Crippen molar-refractivity contribution in [1.29, 1.82) is 0 Å². The highest BCUT2D eigenvalue weighted by molar-refractivity contribution is 5.57. The molecule has 76 valence electrons. The van der Waals surface area contributed by atoms with Crippen molar-refractivity contribution in [2.24, 2.45) is 5.92 Å². The Labute approximate surface area is 83.8 Å². The molecule has 0 amide bonds. The van der Waals surface area contributed by atoms with Gasteiger partial charge in [-0.3, -0.25) is 0 Å². The van der Waals surface area contributed by atoms with E-state index in [1.165, 1.54) is 5.56 Å². The molecule has 0 saturated carbocycles. The predicted octanol–water partition coefficient (Wildman–Crippen LogP) is 1.47. The Hall–Kier alpha value is -1.22. The van der Waals surface area contributed by atoms with E-state index in [0.29, 0.717) is 12.5 Å². The smallest absolute Gasteiger partial charge is 0.145 e. The summed E-state index contributed by atoms with van der Waals surface area (Å²) in [4.78, 5) is 0. The van der Waals surface area contributed by atoms with Crippen molar-refractivity contribution in [1.82, 2.24) is 0 Å². The zero-order chi connectivity index (χ0) is 9.97. The highest BCUT2D eigenvalue weighted by Gasteiger charge is 2.20. The van der Waals surface area contributed by atoms with Gasteiger partial charge in [-0.05, 0) is 18.1 Å². The molecule has 1 unspecified atom stereocenters. The van der Waals surface area contributed by atoms with Gasteiger partial charge in [-0.1, -0.05) is 12.1 Å².